The molecule has 0 aromatic heterocycles. The predicted octanol–water partition coefficient (Wildman–Crippen LogP) is -0.462. The van der Waals surface area contributed by atoms with Crippen molar-refractivity contribution in [3.63, 3.8) is 0 Å². The molecule has 3 aliphatic rings. The van der Waals surface area contributed by atoms with Crippen molar-refractivity contribution < 1.29 is 23.9 Å². The van der Waals surface area contributed by atoms with E-state index in [4.69, 9.17) is 9.47 Å². The number of hydrogen-bond donors (Lipinski definition) is 0. The molecule has 0 aromatic rings. The Morgan fingerprint density at radius 3 is 2.40 bits per heavy atom. The Morgan fingerprint density at radius 2 is 1.60 bits per heavy atom. The van der Waals surface area contributed by atoms with Crippen LogP contribution in [0.1, 0.15) is 6.42 Å². The van der Waals surface area contributed by atoms with E-state index in [0.717, 1.165) is 0 Å². The van der Waals surface area contributed by atoms with E-state index in [2.05, 4.69) is 0 Å². The van der Waals surface area contributed by atoms with Crippen molar-refractivity contribution in [3.05, 3.63) is 0 Å². The summed E-state index contributed by atoms with van der Waals surface area (Å²) in [7, 11) is 0. The number of esters is 2. The van der Waals surface area contributed by atoms with Gasteiger partial charge in [-0.25, -0.2) is 0 Å². The van der Waals surface area contributed by atoms with Crippen LogP contribution < -0.4 is 0 Å². The second-order valence-corrected chi connectivity index (χ2v) is 4.35. The largest absolute Gasteiger partial charge is 0.465 e. The first kappa shape index (κ1) is 8.88. The highest BCUT2D eigenvalue weighted by atomic mass is 16.5. The molecular weight excluding hydrogens is 200 g/mol. The smallest absolute Gasteiger partial charge is 0.310 e. The third kappa shape index (κ3) is 1.06. The molecule has 1 aliphatic carbocycles. The Balaban J connectivity index is 2.00. The minimum Gasteiger partial charge on any atom is -0.465 e. The molecule has 15 heavy (non-hydrogen) atoms. The van der Waals surface area contributed by atoms with Gasteiger partial charge in [-0.05, 0) is 0 Å². The molecule has 3 rings (SSSR count). The molecule has 4 atom stereocenters. The minimum absolute atomic E-state index is 0.0328. The maximum absolute atomic E-state index is 11.7. The lowest BCUT2D eigenvalue weighted by molar-refractivity contribution is -0.151. The molecule has 0 bridgehead atoms. The molecule has 2 aliphatic heterocycles. The zero-order valence-electron chi connectivity index (χ0n) is 7.97. The zero-order chi connectivity index (χ0) is 10.6. The Kier molecular flexibility index (Phi) is 1.66. The highest BCUT2D eigenvalue weighted by molar-refractivity contribution is 5.95. The van der Waals surface area contributed by atoms with Crippen LogP contribution in [0.3, 0.4) is 0 Å². The normalized spacial score (nSPS) is 43.3. The molecule has 80 valence electrons. The number of fused-ring (bicyclic) bond motifs is 3. The molecule has 5 heteroatoms. The van der Waals surface area contributed by atoms with Gasteiger partial charge >= 0.3 is 11.9 Å². The quantitative estimate of drug-likeness (QED) is 0.506. The Morgan fingerprint density at radius 1 is 0.933 bits per heavy atom. The van der Waals surface area contributed by atoms with Crippen LogP contribution in [0.25, 0.3) is 0 Å². The van der Waals surface area contributed by atoms with Crippen molar-refractivity contribution in [2.45, 2.75) is 6.42 Å². The number of carbonyl (C=O) groups is 3. The number of hydrogen-bond acceptors (Lipinski definition) is 5. The van der Waals surface area contributed by atoms with E-state index in [0.29, 0.717) is 6.42 Å². The number of Topliss-reactive ketones (excluding diaryl/α,β-unsaturated/α-hetero) is 1. The average Bonchev–Trinajstić information content (AvgIpc) is 2.72. The lowest BCUT2D eigenvalue weighted by atomic mass is 9.68. The molecule has 1 saturated carbocycles. The first-order valence-electron chi connectivity index (χ1n) is 5.04. The summed E-state index contributed by atoms with van der Waals surface area (Å²) < 4.78 is 9.77. The molecule has 0 N–H and O–H groups in total. The van der Waals surface area contributed by atoms with Gasteiger partial charge in [0.15, 0.2) is 0 Å². The number of carbonyl (C=O) groups excluding carboxylic acids is 3. The summed E-state index contributed by atoms with van der Waals surface area (Å²) in [5, 5.41) is 0. The summed E-state index contributed by atoms with van der Waals surface area (Å²) in [5.74, 6) is -2.27. The number of ether oxygens (including phenoxy) is 2. The minimum atomic E-state index is -0.578. The summed E-state index contributed by atoms with van der Waals surface area (Å²) in [6.45, 7) is 0.407. The van der Waals surface area contributed by atoms with Crippen molar-refractivity contribution in [2.75, 3.05) is 13.2 Å². The topological polar surface area (TPSA) is 69.7 Å². The average molecular weight is 210 g/mol. The van der Waals surface area contributed by atoms with Gasteiger partial charge in [0, 0.05) is 12.3 Å². The van der Waals surface area contributed by atoms with Crippen molar-refractivity contribution in [1.82, 2.24) is 0 Å². The standard InChI is InChI=1S/C10H10O5/c11-6-1-4-2-14-9(12)7(4)8-5(6)3-15-10(8)13/h4-5,7-8H,1-3H2/t4-,5-,7+,8+/m1/s1. The van der Waals surface area contributed by atoms with Gasteiger partial charge in [0.2, 0.25) is 0 Å². The monoisotopic (exact) mass is 210 g/mol. The number of rotatable bonds is 0. The van der Waals surface area contributed by atoms with Crippen LogP contribution in [0.5, 0.6) is 0 Å². The summed E-state index contributed by atoms with van der Waals surface area (Å²) in [5.41, 5.74) is 0. The highest BCUT2D eigenvalue weighted by Crippen LogP contribution is 2.44. The van der Waals surface area contributed by atoms with Crippen LogP contribution in [-0.4, -0.2) is 30.9 Å². The van der Waals surface area contributed by atoms with E-state index < -0.39 is 23.7 Å². The van der Waals surface area contributed by atoms with Crippen LogP contribution in [-0.2, 0) is 23.9 Å². The summed E-state index contributed by atoms with van der Waals surface area (Å²) >= 11 is 0. The summed E-state index contributed by atoms with van der Waals surface area (Å²) in [4.78, 5) is 34.6. The van der Waals surface area contributed by atoms with Crippen molar-refractivity contribution in [2.24, 2.45) is 23.7 Å². The second-order valence-electron chi connectivity index (χ2n) is 4.35. The fourth-order valence-corrected chi connectivity index (χ4v) is 2.84. The van der Waals surface area contributed by atoms with E-state index in [-0.39, 0.29) is 30.9 Å². The number of ketones is 1. The Bertz CT molecular complexity index is 361. The van der Waals surface area contributed by atoms with Crippen molar-refractivity contribution >= 4 is 17.7 Å². The lowest BCUT2D eigenvalue weighted by Crippen LogP contribution is -2.42. The Labute approximate surface area is 85.7 Å². The molecule has 0 radical (unpaired) electrons. The highest BCUT2D eigenvalue weighted by Gasteiger charge is 2.58. The van der Waals surface area contributed by atoms with E-state index in [1.54, 1.807) is 0 Å². The van der Waals surface area contributed by atoms with Gasteiger partial charge < -0.3 is 9.47 Å². The lowest BCUT2D eigenvalue weighted by Gasteiger charge is -2.27. The van der Waals surface area contributed by atoms with Crippen LogP contribution in [0, 0.1) is 23.7 Å². The maximum Gasteiger partial charge on any atom is 0.310 e. The fraction of sp³-hybridized carbons (Fsp3) is 0.700. The van der Waals surface area contributed by atoms with Crippen LogP contribution in [0.15, 0.2) is 0 Å². The molecule has 2 heterocycles. The van der Waals surface area contributed by atoms with Crippen molar-refractivity contribution in [3.8, 4) is 0 Å². The van der Waals surface area contributed by atoms with Gasteiger partial charge in [-0.3, -0.25) is 14.4 Å². The van der Waals surface area contributed by atoms with Gasteiger partial charge in [-0.1, -0.05) is 0 Å². The van der Waals surface area contributed by atoms with Gasteiger partial charge in [0.1, 0.15) is 12.4 Å². The van der Waals surface area contributed by atoms with E-state index in [1.165, 1.54) is 0 Å². The molecular formula is C10H10O5. The number of cyclic esters (lactones) is 2. The first-order valence-corrected chi connectivity index (χ1v) is 5.04. The van der Waals surface area contributed by atoms with E-state index in [9.17, 15) is 14.4 Å². The SMILES string of the molecule is O=C1OC[C@@H]2C(=O)C[C@@H]3COC(=O)[C@@H]3[C@@H]12. The third-order valence-corrected chi connectivity index (χ3v) is 3.59. The molecule has 0 spiro atoms. The predicted molar refractivity (Wildman–Crippen MR) is 45.5 cm³/mol. The van der Waals surface area contributed by atoms with E-state index >= 15 is 0 Å². The first-order chi connectivity index (χ1) is 7.18. The Hall–Kier alpha value is -1.39. The van der Waals surface area contributed by atoms with Crippen LogP contribution in [0.2, 0.25) is 0 Å². The maximum atomic E-state index is 11.7. The third-order valence-electron chi connectivity index (χ3n) is 3.59. The van der Waals surface area contributed by atoms with Gasteiger partial charge in [-0.2, -0.15) is 0 Å². The van der Waals surface area contributed by atoms with E-state index in [1.807, 2.05) is 0 Å². The molecule has 3 fully saturated rings. The molecule has 0 aromatic carbocycles. The fourth-order valence-electron chi connectivity index (χ4n) is 2.84. The summed E-state index contributed by atoms with van der Waals surface area (Å²) in [6.07, 6.45) is 0.341. The van der Waals surface area contributed by atoms with Crippen molar-refractivity contribution in [1.29, 1.82) is 0 Å². The van der Waals surface area contributed by atoms with Gasteiger partial charge in [0.25, 0.3) is 0 Å². The van der Waals surface area contributed by atoms with Gasteiger partial charge in [-0.15, -0.1) is 0 Å². The molecule has 5 nitrogen and oxygen atoms in total. The molecule has 0 amide bonds. The summed E-state index contributed by atoms with van der Waals surface area (Å²) in [6, 6.07) is 0. The van der Waals surface area contributed by atoms with Gasteiger partial charge in [0.05, 0.1) is 24.4 Å². The molecule has 2 saturated heterocycles. The zero-order valence-corrected chi connectivity index (χ0v) is 7.97. The van der Waals surface area contributed by atoms with Crippen LogP contribution in [0.4, 0.5) is 0 Å². The van der Waals surface area contributed by atoms with Crippen LogP contribution >= 0.6 is 0 Å². The second kappa shape index (κ2) is 2.81. The molecule has 0 unspecified atom stereocenters.